The average Bonchev–Trinajstić information content (AvgIpc) is 3.35. The minimum Gasteiger partial charge on any atom is -0.497 e. The smallest absolute Gasteiger partial charge is 0.193 e. The number of hydrogen-bond donors (Lipinski definition) is 2. The van der Waals surface area contributed by atoms with Crippen molar-refractivity contribution in [1.82, 2.24) is 0 Å². The zero-order chi connectivity index (χ0) is 16.3. The highest BCUT2D eigenvalue weighted by Crippen LogP contribution is 2.49. The van der Waals surface area contributed by atoms with Crippen molar-refractivity contribution in [1.29, 1.82) is 0 Å². The van der Waals surface area contributed by atoms with Crippen molar-refractivity contribution < 1.29 is 4.74 Å². The van der Waals surface area contributed by atoms with E-state index < -0.39 is 0 Å². The molecule has 3 N–H and O–H groups in total. The molecule has 0 aliphatic heterocycles. The molecule has 0 aromatic heterocycles. The molecule has 0 unspecified atom stereocenters. The summed E-state index contributed by atoms with van der Waals surface area (Å²) in [7, 11) is 1.65. The maximum absolute atomic E-state index is 6.04. The number of nitrogens with zero attached hydrogens (tertiary/aromatic N) is 1. The van der Waals surface area contributed by atoms with Crippen molar-refractivity contribution in [3.63, 3.8) is 0 Å². The number of nitrogens with one attached hydrogen (secondary N) is 1. The van der Waals surface area contributed by atoms with E-state index in [2.05, 4.69) is 41.5 Å². The molecule has 120 valence electrons. The van der Waals surface area contributed by atoms with Crippen LogP contribution < -0.4 is 15.8 Å². The van der Waals surface area contributed by atoms with Gasteiger partial charge in [-0.15, -0.1) is 0 Å². The van der Waals surface area contributed by atoms with Crippen molar-refractivity contribution in [2.24, 2.45) is 10.7 Å². The molecule has 1 aliphatic carbocycles. The summed E-state index contributed by atoms with van der Waals surface area (Å²) in [4.78, 5) is 4.57. The van der Waals surface area contributed by atoms with Crippen LogP contribution in [0.3, 0.4) is 0 Å². The summed E-state index contributed by atoms with van der Waals surface area (Å²) in [5.74, 6) is 1.28. The monoisotopic (exact) mass is 309 g/mol. The van der Waals surface area contributed by atoms with E-state index in [-0.39, 0.29) is 5.41 Å². The van der Waals surface area contributed by atoms with Crippen molar-refractivity contribution in [2.45, 2.75) is 25.2 Å². The zero-order valence-corrected chi connectivity index (χ0v) is 13.7. The van der Waals surface area contributed by atoms with E-state index in [1.165, 1.54) is 24.0 Å². The van der Waals surface area contributed by atoms with Crippen LogP contribution in [0.25, 0.3) is 0 Å². The topological polar surface area (TPSA) is 59.6 Å². The number of nitrogens with two attached hydrogens (primary N) is 1. The fourth-order valence-corrected chi connectivity index (χ4v) is 2.93. The van der Waals surface area contributed by atoms with Gasteiger partial charge in [-0.05, 0) is 55.2 Å². The number of hydrogen-bond acceptors (Lipinski definition) is 2. The summed E-state index contributed by atoms with van der Waals surface area (Å²) in [6.07, 6.45) is 2.36. The minimum absolute atomic E-state index is 0.178. The first kappa shape index (κ1) is 15.4. The second kappa shape index (κ2) is 6.32. The third-order valence-electron chi connectivity index (χ3n) is 4.48. The minimum atomic E-state index is 0.178. The molecule has 0 bridgehead atoms. The predicted molar refractivity (Wildman–Crippen MR) is 95.2 cm³/mol. The lowest BCUT2D eigenvalue weighted by molar-refractivity contribution is 0.415. The summed E-state index contributed by atoms with van der Waals surface area (Å²) in [6, 6.07) is 16.2. The van der Waals surface area contributed by atoms with Crippen LogP contribution in [-0.4, -0.2) is 19.6 Å². The van der Waals surface area contributed by atoms with Crippen LogP contribution in [0, 0.1) is 6.92 Å². The number of aliphatic imine (C=N–C) groups is 1. The molecule has 3 rings (SSSR count). The van der Waals surface area contributed by atoms with Gasteiger partial charge in [0.1, 0.15) is 5.75 Å². The predicted octanol–water partition coefficient (Wildman–Crippen LogP) is 3.46. The van der Waals surface area contributed by atoms with Gasteiger partial charge in [0.25, 0.3) is 0 Å². The Morgan fingerprint density at radius 3 is 2.48 bits per heavy atom. The summed E-state index contributed by atoms with van der Waals surface area (Å²) in [6.45, 7) is 2.89. The van der Waals surface area contributed by atoms with Gasteiger partial charge < -0.3 is 15.8 Å². The van der Waals surface area contributed by atoms with E-state index in [1.54, 1.807) is 7.11 Å². The van der Waals surface area contributed by atoms with Gasteiger partial charge in [-0.3, -0.25) is 4.99 Å². The van der Waals surface area contributed by atoms with E-state index in [0.29, 0.717) is 5.96 Å². The SMILES string of the molecule is COc1ccc(NC(N)=NCC2(c3ccccc3C)CC2)cc1. The van der Waals surface area contributed by atoms with Gasteiger partial charge in [-0.25, -0.2) is 0 Å². The lowest BCUT2D eigenvalue weighted by Gasteiger charge is -2.16. The molecule has 1 aliphatic rings. The van der Waals surface area contributed by atoms with E-state index >= 15 is 0 Å². The van der Waals surface area contributed by atoms with Crippen molar-refractivity contribution >= 4 is 11.6 Å². The Balaban J connectivity index is 1.66. The summed E-state index contributed by atoms with van der Waals surface area (Å²) in [5.41, 5.74) is 9.86. The fourth-order valence-electron chi connectivity index (χ4n) is 2.93. The van der Waals surface area contributed by atoms with Crippen molar-refractivity contribution in [2.75, 3.05) is 19.0 Å². The standard InChI is InChI=1S/C19H23N3O/c1-14-5-3-4-6-17(14)19(11-12-19)13-21-18(20)22-15-7-9-16(23-2)10-8-15/h3-10H,11-13H2,1-2H3,(H3,20,21,22). The maximum atomic E-state index is 6.04. The van der Waals surface area contributed by atoms with Crippen molar-refractivity contribution in [3.05, 3.63) is 59.7 Å². The molecule has 2 aromatic carbocycles. The Labute approximate surface area is 137 Å². The largest absolute Gasteiger partial charge is 0.497 e. The van der Waals surface area contributed by atoms with Crippen LogP contribution >= 0.6 is 0 Å². The first-order valence-electron chi connectivity index (χ1n) is 7.90. The molecule has 0 heterocycles. The molecule has 0 spiro atoms. The van der Waals surface area contributed by atoms with Gasteiger partial charge in [0, 0.05) is 11.1 Å². The van der Waals surface area contributed by atoms with Crippen LogP contribution in [0.15, 0.2) is 53.5 Å². The molecule has 23 heavy (non-hydrogen) atoms. The Kier molecular flexibility index (Phi) is 4.24. The summed E-state index contributed by atoms with van der Waals surface area (Å²) >= 11 is 0. The molecule has 1 fully saturated rings. The Morgan fingerprint density at radius 1 is 1.17 bits per heavy atom. The normalized spacial score (nSPS) is 16.0. The molecule has 0 atom stereocenters. The van der Waals surface area contributed by atoms with Gasteiger partial charge in [-0.2, -0.15) is 0 Å². The molecular formula is C19H23N3O. The highest BCUT2D eigenvalue weighted by Gasteiger charge is 2.44. The van der Waals surface area contributed by atoms with Gasteiger partial charge >= 0.3 is 0 Å². The molecule has 0 amide bonds. The van der Waals surface area contributed by atoms with Gasteiger partial charge in [0.05, 0.1) is 13.7 Å². The van der Waals surface area contributed by atoms with Crippen LogP contribution in [0.2, 0.25) is 0 Å². The van der Waals surface area contributed by atoms with Gasteiger partial charge in [0.2, 0.25) is 0 Å². The molecule has 2 aromatic rings. The van der Waals surface area contributed by atoms with E-state index in [9.17, 15) is 0 Å². The number of benzene rings is 2. The number of anilines is 1. The molecule has 1 saturated carbocycles. The van der Waals surface area contributed by atoms with Gasteiger partial charge in [0.15, 0.2) is 5.96 Å². The fraction of sp³-hybridized carbons (Fsp3) is 0.316. The lowest BCUT2D eigenvalue weighted by Crippen LogP contribution is -2.25. The lowest BCUT2D eigenvalue weighted by atomic mass is 9.92. The van der Waals surface area contributed by atoms with Crippen LogP contribution in [0.1, 0.15) is 24.0 Å². The van der Waals surface area contributed by atoms with Gasteiger partial charge in [-0.1, -0.05) is 24.3 Å². The number of methoxy groups -OCH3 is 1. The van der Waals surface area contributed by atoms with E-state index in [4.69, 9.17) is 10.5 Å². The molecule has 0 radical (unpaired) electrons. The first-order valence-corrected chi connectivity index (χ1v) is 7.90. The Bertz CT molecular complexity index is 703. The van der Waals surface area contributed by atoms with Crippen LogP contribution in [0.5, 0.6) is 5.75 Å². The number of aryl methyl sites for hydroxylation is 1. The van der Waals surface area contributed by atoms with Crippen LogP contribution in [-0.2, 0) is 5.41 Å². The average molecular weight is 309 g/mol. The second-order valence-electron chi connectivity index (χ2n) is 6.15. The number of rotatable bonds is 5. The second-order valence-corrected chi connectivity index (χ2v) is 6.15. The molecule has 0 saturated heterocycles. The number of guanidine groups is 1. The number of ether oxygens (including phenoxy) is 1. The summed E-state index contributed by atoms with van der Waals surface area (Å²) < 4.78 is 5.15. The third-order valence-corrected chi connectivity index (χ3v) is 4.48. The highest BCUT2D eigenvalue weighted by molar-refractivity contribution is 5.92. The third kappa shape index (κ3) is 3.47. The van der Waals surface area contributed by atoms with Crippen LogP contribution in [0.4, 0.5) is 5.69 Å². The quantitative estimate of drug-likeness (QED) is 0.657. The van der Waals surface area contributed by atoms with E-state index in [0.717, 1.165) is 18.0 Å². The molecule has 4 nitrogen and oxygen atoms in total. The zero-order valence-electron chi connectivity index (χ0n) is 13.7. The van der Waals surface area contributed by atoms with E-state index in [1.807, 2.05) is 24.3 Å². The summed E-state index contributed by atoms with van der Waals surface area (Å²) in [5, 5.41) is 3.13. The maximum Gasteiger partial charge on any atom is 0.193 e. The molecular weight excluding hydrogens is 286 g/mol. The highest BCUT2D eigenvalue weighted by atomic mass is 16.5. The molecule has 4 heteroatoms. The Hall–Kier alpha value is -2.49. The first-order chi connectivity index (χ1) is 11.1. The van der Waals surface area contributed by atoms with Crippen molar-refractivity contribution in [3.8, 4) is 5.75 Å². The Morgan fingerprint density at radius 2 is 1.87 bits per heavy atom.